The molecule has 0 aliphatic carbocycles. The van der Waals surface area contributed by atoms with Gasteiger partial charge in [-0.15, -0.1) is 0 Å². The summed E-state index contributed by atoms with van der Waals surface area (Å²) in [6.45, 7) is 1.71. The predicted octanol–water partition coefficient (Wildman–Crippen LogP) is 4.96. The number of hydrogen-bond acceptors (Lipinski definition) is 2. The SMILES string of the molecule is CC(=N)Nc1ccc2ccc(-c3cccc(Cl)c3)nc2c1. The van der Waals surface area contributed by atoms with Crippen LogP contribution in [0.3, 0.4) is 0 Å². The number of amidine groups is 1. The Morgan fingerprint density at radius 3 is 2.67 bits per heavy atom. The van der Waals surface area contributed by atoms with Crippen LogP contribution in [-0.2, 0) is 0 Å². The second-order valence-corrected chi connectivity index (χ2v) is 5.30. The first-order chi connectivity index (χ1) is 10.1. The Balaban J connectivity index is 2.07. The Kier molecular flexibility index (Phi) is 3.59. The van der Waals surface area contributed by atoms with Crippen LogP contribution in [-0.4, -0.2) is 10.8 Å². The Hall–Kier alpha value is -2.39. The number of pyridine rings is 1. The van der Waals surface area contributed by atoms with Gasteiger partial charge in [0.05, 0.1) is 17.0 Å². The zero-order valence-electron chi connectivity index (χ0n) is 11.5. The van der Waals surface area contributed by atoms with Crippen LogP contribution in [0.25, 0.3) is 22.2 Å². The zero-order valence-corrected chi connectivity index (χ0v) is 12.3. The molecule has 0 atom stereocenters. The standard InChI is InChI=1S/C17H14ClN3/c1-11(19)20-15-7-5-12-6-8-16(21-17(12)10-15)13-3-2-4-14(18)9-13/h2-10H,1H3,(H2,19,20). The van der Waals surface area contributed by atoms with Crippen LogP contribution in [0.15, 0.2) is 54.6 Å². The van der Waals surface area contributed by atoms with Gasteiger partial charge in [-0.25, -0.2) is 4.98 Å². The number of benzene rings is 2. The van der Waals surface area contributed by atoms with E-state index < -0.39 is 0 Å². The molecule has 3 aromatic rings. The normalized spacial score (nSPS) is 10.6. The molecular weight excluding hydrogens is 282 g/mol. The molecule has 4 heteroatoms. The van der Waals surface area contributed by atoms with Crippen molar-refractivity contribution in [3.8, 4) is 11.3 Å². The van der Waals surface area contributed by atoms with E-state index in [-0.39, 0.29) is 0 Å². The molecule has 0 spiro atoms. The van der Waals surface area contributed by atoms with Crippen molar-refractivity contribution in [2.45, 2.75) is 6.92 Å². The zero-order chi connectivity index (χ0) is 14.8. The van der Waals surface area contributed by atoms with E-state index in [1.165, 1.54) is 0 Å². The molecule has 1 aromatic heterocycles. The molecule has 2 N–H and O–H groups in total. The summed E-state index contributed by atoms with van der Waals surface area (Å²) in [5, 5.41) is 12.2. The summed E-state index contributed by atoms with van der Waals surface area (Å²) < 4.78 is 0. The minimum atomic E-state index is 0.403. The van der Waals surface area contributed by atoms with Gasteiger partial charge in [-0.05, 0) is 37.3 Å². The third-order valence-electron chi connectivity index (χ3n) is 3.14. The molecule has 0 bridgehead atoms. The summed E-state index contributed by atoms with van der Waals surface area (Å²) in [6.07, 6.45) is 0. The van der Waals surface area contributed by atoms with E-state index in [1.54, 1.807) is 6.92 Å². The van der Waals surface area contributed by atoms with E-state index in [0.717, 1.165) is 27.8 Å². The fraction of sp³-hybridized carbons (Fsp3) is 0.0588. The molecular formula is C17H14ClN3. The highest BCUT2D eigenvalue weighted by molar-refractivity contribution is 6.30. The third kappa shape index (κ3) is 3.03. The molecule has 0 saturated carbocycles. The monoisotopic (exact) mass is 295 g/mol. The second-order valence-electron chi connectivity index (χ2n) is 4.86. The summed E-state index contributed by atoms with van der Waals surface area (Å²) in [7, 11) is 0. The van der Waals surface area contributed by atoms with Gasteiger partial charge in [0.15, 0.2) is 0 Å². The average Bonchev–Trinajstić information content (AvgIpc) is 2.46. The van der Waals surface area contributed by atoms with Gasteiger partial charge in [0.1, 0.15) is 0 Å². The maximum Gasteiger partial charge on any atom is 0.0944 e. The van der Waals surface area contributed by atoms with Crippen LogP contribution in [0.1, 0.15) is 6.92 Å². The molecule has 104 valence electrons. The van der Waals surface area contributed by atoms with Crippen LogP contribution < -0.4 is 5.32 Å². The summed E-state index contributed by atoms with van der Waals surface area (Å²) in [4.78, 5) is 4.69. The Morgan fingerprint density at radius 1 is 1.10 bits per heavy atom. The van der Waals surface area contributed by atoms with Crippen LogP contribution in [0.4, 0.5) is 5.69 Å². The molecule has 2 aromatic carbocycles. The van der Waals surface area contributed by atoms with Gasteiger partial charge < -0.3 is 5.32 Å². The number of nitrogens with zero attached hydrogens (tertiary/aromatic N) is 1. The Bertz CT molecular complexity index is 827. The second kappa shape index (κ2) is 5.54. The Morgan fingerprint density at radius 2 is 1.90 bits per heavy atom. The van der Waals surface area contributed by atoms with Gasteiger partial charge in [-0.3, -0.25) is 5.41 Å². The highest BCUT2D eigenvalue weighted by atomic mass is 35.5. The van der Waals surface area contributed by atoms with E-state index in [9.17, 15) is 0 Å². The lowest BCUT2D eigenvalue weighted by atomic mass is 10.1. The number of anilines is 1. The molecule has 0 amide bonds. The number of rotatable bonds is 2. The van der Waals surface area contributed by atoms with E-state index in [1.807, 2.05) is 54.6 Å². The van der Waals surface area contributed by atoms with Gasteiger partial charge in [-0.1, -0.05) is 35.9 Å². The number of hydrogen-bond donors (Lipinski definition) is 2. The maximum absolute atomic E-state index is 7.49. The third-order valence-corrected chi connectivity index (χ3v) is 3.38. The van der Waals surface area contributed by atoms with Crippen molar-refractivity contribution in [2.75, 3.05) is 5.32 Å². The van der Waals surface area contributed by atoms with Crippen LogP contribution in [0, 0.1) is 5.41 Å². The molecule has 0 saturated heterocycles. The molecule has 0 unspecified atom stereocenters. The molecule has 1 heterocycles. The fourth-order valence-electron chi connectivity index (χ4n) is 2.22. The lowest BCUT2D eigenvalue weighted by molar-refractivity contribution is 1.39. The highest BCUT2D eigenvalue weighted by Crippen LogP contribution is 2.25. The van der Waals surface area contributed by atoms with Crippen LogP contribution in [0.2, 0.25) is 5.02 Å². The first kappa shape index (κ1) is 13.6. The number of aromatic nitrogens is 1. The molecule has 0 aliphatic heterocycles. The lowest BCUT2D eigenvalue weighted by Gasteiger charge is -2.07. The van der Waals surface area contributed by atoms with Gasteiger partial charge in [0, 0.05) is 21.7 Å². The summed E-state index contributed by atoms with van der Waals surface area (Å²) in [6, 6.07) is 17.6. The van der Waals surface area contributed by atoms with Crippen molar-refractivity contribution < 1.29 is 0 Å². The van der Waals surface area contributed by atoms with Crippen molar-refractivity contribution in [3.63, 3.8) is 0 Å². The maximum atomic E-state index is 7.49. The summed E-state index contributed by atoms with van der Waals surface area (Å²) in [5.74, 6) is 0.403. The smallest absolute Gasteiger partial charge is 0.0944 e. The summed E-state index contributed by atoms with van der Waals surface area (Å²) in [5.41, 5.74) is 3.63. The van der Waals surface area contributed by atoms with E-state index >= 15 is 0 Å². The molecule has 0 fully saturated rings. The number of halogens is 1. The van der Waals surface area contributed by atoms with Gasteiger partial charge in [0.25, 0.3) is 0 Å². The van der Waals surface area contributed by atoms with Gasteiger partial charge in [-0.2, -0.15) is 0 Å². The molecule has 21 heavy (non-hydrogen) atoms. The molecule has 0 aliphatic rings. The predicted molar refractivity (Wildman–Crippen MR) is 89.2 cm³/mol. The minimum Gasteiger partial charge on any atom is -0.344 e. The fourth-order valence-corrected chi connectivity index (χ4v) is 2.41. The first-order valence-corrected chi connectivity index (χ1v) is 6.98. The first-order valence-electron chi connectivity index (χ1n) is 6.61. The molecule has 3 nitrogen and oxygen atoms in total. The van der Waals surface area contributed by atoms with Crippen LogP contribution in [0.5, 0.6) is 0 Å². The van der Waals surface area contributed by atoms with Crippen molar-refractivity contribution >= 4 is 34.0 Å². The number of fused-ring (bicyclic) bond motifs is 1. The van der Waals surface area contributed by atoms with Gasteiger partial charge in [0.2, 0.25) is 0 Å². The van der Waals surface area contributed by atoms with E-state index in [0.29, 0.717) is 10.9 Å². The Labute approximate surface area is 128 Å². The average molecular weight is 296 g/mol. The molecule has 3 rings (SSSR count). The molecule has 0 radical (unpaired) electrons. The van der Waals surface area contributed by atoms with Crippen molar-refractivity contribution in [1.29, 1.82) is 5.41 Å². The van der Waals surface area contributed by atoms with Crippen molar-refractivity contribution in [1.82, 2.24) is 4.98 Å². The van der Waals surface area contributed by atoms with Crippen molar-refractivity contribution in [2.24, 2.45) is 0 Å². The van der Waals surface area contributed by atoms with E-state index in [4.69, 9.17) is 17.0 Å². The quantitative estimate of drug-likeness (QED) is 0.518. The topological polar surface area (TPSA) is 48.8 Å². The largest absolute Gasteiger partial charge is 0.344 e. The number of nitrogens with one attached hydrogen (secondary N) is 2. The van der Waals surface area contributed by atoms with Gasteiger partial charge >= 0.3 is 0 Å². The summed E-state index contributed by atoms with van der Waals surface area (Å²) >= 11 is 6.03. The highest BCUT2D eigenvalue weighted by Gasteiger charge is 2.03. The van der Waals surface area contributed by atoms with Crippen LogP contribution >= 0.6 is 11.6 Å². The lowest BCUT2D eigenvalue weighted by Crippen LogP contribution is -2.04. The van der Waals surface area contributed by atoms with E-state index in [2.05, 4.69) is 10.3 Å². The van der Waals surface area contributed by atoms with Crippen molar-refractivity contribution in [3.05, 3.63) is 59.6 Å². The minimum absolute atomic E-state index is 0.403.